The number of carbonyl (C=O) groups is 2. The lowest BCUT2D eigenvalue weighted by molar-refractivity contribution is -0.173. The summed E-state index contributed by atoms with van der Waals surface area (Å²) in [5.74, 6) is -0.293. The van der Waals surface area contributed by atoms with Crippen LogP contribution in [0.5, 0.6) is 11.5 Å². The molecule has 3 aromatic rings. The van der Waals surface area contributed by atoms with Gasteiger partial charge in [-0.05, 0) is 49.4 Å². The predicted octanol–water partition coefficient (Wildman–Crippen LogP) is 5.25. The number of nitrogens with zero attached hydrogens (tertiary/aromatic N) is 2. The summed E-state index contributed by atoms with van der Waals surface area (Å²) >= 11 is 1.29. The Bertz CT molecular complexity index is 1430. The van der Waals surface area contributed by atoms with Crippen LogP contribution >= 0.6 is 11.3 Å². The fraction of sp³-hybridized carbons (Fsp3) is 0.400. The van der Waals surface area contributed by atoms with E-state index in [1.165, 1.54) is 11.3 Å². The van der Waals surface area contributed by atoms with Crippen molar-refractivity contribution in [2.75, 3.05) is 24.0 Å². The minimum atomic E-state index is -4.60. The van der Waals surface area contributed by atoms with Crippen molar-refractivity contribution in [2.45, 2.75) is 50.9 Å². The fourth-order valence-corrected chi connectivity index (χ4v) is 6.43. The Morgan fingerprint density at radius 3 is 2.87 bits per heavy atom. The molecule has 4 heterocycles. The molecule has 2 unspecified atom stereocenters. The first kappa shape index (κ1) is 24.6. The highest BCUT2D eigenvalue weighted by molar-refractivity contribution is 7.17. The number of alkyl halides is 3. The molecular formula is C25H23F3N4O5S. The van der Waals surface area contributed by atoms with Crippen LogP contribution in [0.2, 0.25) is 0 Å². The number of thiophene rings is 1. The van der Waals surface area contributed by atoms with Crippen molar-refractivity contribution < 1.29 is 37.0 Å². The van der Waals surface area contributed by atoms with Gasteiger partial charge in [-0.2, -0.15) is 18.3 Å². The summed E-state index contributed by atoms with van der Waals surface area (Å²) in [6.45, 7) is 1.91. The molecule has 0 fully saturated rings. The molecule has 38 heavy (non-hydrogen) atoms. The first-order valence-corrected chi connectivity index (χ1v) is 13.0. The molecule has 0 saturated carbocycles. The third-order valence-electron chi connectivity index (χ3n) is 6.91. The Morgan fingerprint density at radius 1 is 1.26 bits per heavy atom. The smallest absolute Gasteiger partial charge is 0.410 e. The zero-order valence-electron chi connectivity index (χ0n) is 20.2. The molecule has 1 amide bonds. The Balaban J connectivity index is 1.33. The molecule has 0 spiro atoms. The van der Waals surface area contributed by atoms with E-state index in [0.717, 1.165) is 34.2 Å². The lowest BCUT2D eigenvalue weighted by atomic mass is 9.96. The lowest BCUT2D eigenvalue weighted by Crippen LogP contribution is -2.36. The zero-order chi connectivity index (χ0) is 26.6. The first-order chi connectivity index (χ1) is 18.2. The number of hydrogen-bond acceptors (Lipinski definition) is 8. The van der Waals surface area contributed by atoms with E-state index in [4.69, 9.17) is 14.2 Å². The summed E-state index contributed by atoms with van der Waals surface area (Å²) in [5, 5.41) is 10.1. The molecule has 0 radical (unpaired) electrons. The van der Waals surface area contributed by atoms with Crippen LogP contribution in [-0.2, 0) is 17.6 Å². The van der Waals surface area contributed by atoms with Crippen LogP contribution in [0.3, 0.4) is 0 Å². The fourth-order valence-electron chi connectivity index (χ4n) is 5.16. The number of rotatable bonds is 5. The number of halogens is 3. The molecule has 6 rings (SSSR count). The maximum Gasteiger partial charge on any atom is 0.410 e. The molecule has 3 aliphatic rings. The number of benzene rings is 1. The van der Waals surface area contributed by atoms with Gasteiger partial charge in [0.25, 0.3) is 5.91 Å². The summed E-state index contributed by atoms with van der Waals surface area (Å²) in [6, 6.07) is 2.24. The Hall–Kier alpha value is -3.74. The molecule has 2 N–H and O–H groups in total. The summed E-state index contributed by atoms with van der Waals surface area (Å²) in [5.41, 5.74) is 1.67. The molecule has 0 bridgehead atoms. The molecule has 13 heteroatoms. The molecule has 9 nitrogen and oxygen atoms in total. The number of aromatic nitrogens is 2. The van der Waals surface area contributed by atoms with E-state index in [9.17, 15) is 22.8 Å². The molecule has 0 saturated heterocycles. The monoisotopic (exact) mass is 548 g/mol. The maximum atomic E-state index is 14.1. The van der Waals surface area contributed by atoms with E-state index in [1.54, 1.807) is 25.1 Å². The molecule has 1 aromatic carbocycles. The topological polar surface area (TPSA) is 104 Å². The third-order valence-corrected chi connectivity index (χ3v) is 8.12. The van der Waals surface area contributed by atoms with E-state index in [-0.39, 0.29) is 31.2 Å². The molecular weight excluding hydrogens is 525 g/mol. The molecule has 200 valence electrons. The van der Waals surface area contributed by atoms with Gasteiger partial charge in [0.2, 0.25) is 6.79 Å². The van der Waals surface area contributed by atoms with Crippen molar-refractivity contribution in [3.05, 3.63) is 51.5 Å². The van der Waals surface area contributed by atoms with Crippen molar-refractivity contribution >= 4 is 34.0 Å². The minimum Gasteiger partial charge on any atom is -0.462 e. The summed E-state index contributed by atoms with van der Waals surface area (Å²) in [7, 11) is 0. The first-order valence-electron chi connectivity index (χ1n) is 12.2. The number of fused-ring (bicyclic) bond motifs is 3. The van der Waals surface area contributed by atoms with Gasteiger partial charge in [-0.25, -0.2) is 9.48 Å². The second-order valence-electron chi connectivity index (χ2n) is 9.19. The van der Waals surface area contributed by atoms with Crippen LogP contribution in [0, 0.1) is 0 Å². The Kier molecular flexibility index (Phi) is 5.97. The number of ether oxygens (including phenoxy) is 3. The molecule has 2 atom stereocenters. The quantitative estimate of drug-likeness (QED) is 0.420. The standard InChI is InChI=1S/C25H23F3N4O5S/c1-2-35-24(34)20-13-4-3-5-18(13)38-23(20)31-22(33)14-10-29-32-19(25(26,27)28)9-15(30-21(14)32)12-6-7-16-17(8-12)37-11-36-16/h6-8,10,15,19,30H,2-5,9,11H2,1H3,(H,31,33). The van der Waals surface area contributed by atoms with Crippen molar-refractivity contribution in [1.29, 1.82) is 0 Å². The maximum absolute atomic E-state index is 14.1. The minimum absolute atomic E-state index is 0.0408. The van der Waals surface area contributed by atoms with Crippen molar-refractivity contribution in [2.24, 2.45) is 0 Å². The average Bonchev–Trinajstić information content (AvgIpc) is 3.65. The van der Waals surface area contributed by atoms with Crippen molar-refractivity contribution in [3.63, 3.8) is 0 Å². The SMILES string of the molecule is CCOC(=O)c1c(NC(=O)c2cnn3c2NC(c2ccc4c(c2)OCO4)CC3C(F)(F)F)sc2c1CCC2. The van der Waals surface area contributed by atoms with Gasteiger partial charge < -0.3 is 24.8 Å². The molecule has 1 aliphatic carbocycles. The van der Waals surface area contributed by atoms with E-state index in [2.05, 4.69) is 15.7 Å². The average molecular weight is 549 g/mol. The van der Waals surface area contributed by atoms with E-state index in [0.29, 0.717) is 34.0 Å². The van der Waals surface area contributed by atoms with E-state index < -0.39 is 30.1 Å². The summed E-state index contributed by atoms with van der Waals surface area (Å²) in [4.78, 5) is 27.1. The van der Waals surface area contributed by atoms with Crippen LogP contribution in [0.15, 0.2) is 24.4 Å². The largest absolute Gasteiger partial charge is 0.462 e. The zero-order valence-corrected chi connectivity index (χ0v) is 21.0. The van der Waals surface area contributed by atoms with Gasteiger partial charge in [0, 0.05) is 11.3 Å². The number of carbonyl (C=O) groups excluding carboxylic acids is 2. The van der Waals surface area contributed by atoms with Crippen molar-refractivity contribution in [3.8, 4) is 11.5 Å². The highest BCUT2D eigenvalue weighted by Gasteiger charge is 2.47. The lowest BCUT2D eigenvalue weighted by Gasteiger charge is -2.34. The van der Waals surface area contributed by atoms with Crippen LogP contribution < -0.4 is 20.1 Å². The van der Waals surface area contributed by atoms with Gasteiger partial charge in [-0.3, -0.25) is 4.79 Å². The molecule has 2 aliphatic heterocycles. The summed E-state index contributed by atoms with van der Waals surface area (Å²) in [6.07, 6.45) is -1.42. The number of hydrogen-bond donors (Lipinski definition) is 2. The second-order valence-corrected chi connectivity index (χ2v) is 10.3. The number of anilines is 2. The van der Waals surface area contributed by atoms with E-state index in [1.807, 2.05) is 0 Å². The van der Waals surface area contributed by atoms with Crippen LogP contribution in [-0.4, -0.2) is 41.2 Å². The number of amides is 1. The Labute approximate surface area is 218 Å². The number of aryl methyl sites for hydroxylation is 1. The van der Waals surface area contributed by atoms with Gasteiger partial charge in [0.1, 0.15) is 16.4 Å². The normalized spacial score (nSPS) is 19.5. The summed E-state index contributed by atoms with van der Waals surface area (Å²) < 4.78 is 59.0. The van der Waals surface area contributed by atoms with Gasteiger partial charge in [-0.15, -0.1) is 11.3 Å². The molecule has 2 aromatic heterocycles. The number of esters is 1. The van der Waals surface area contributed by atoms with Gasteiger partial charge in [0.05, 0.1) is 24.4 Å². The van der Waals surface area contributed by atoms with Crippen LogP contribution in [0.25, 0.3) is 0 Å². The van der Waals surface area contributed by atoms with E-state index >= 15 is 0 Å². The Morgan fingerprint density at radius 2 is 2.08 bits per heavy atom. The second kappa shape index (κ2) is 9.22. The van der Waals surface area contributed by atoms with Gasteiger partial charge in [-0.1, -0.05) is 6.07 Å². The highest BCUT2D eigenvalue weighted by Crippen LogP contribution is 2.46. The van der Waals surface area contributed by atoms with Crippen molar-refractivity contribution in [1.82, 2.24) is 9.78 Å². The van der Waals surface area contributed by atoms with Gasteiger partial charge >= 0.3 is 12.1 Å². The highest BCUT2D eigenvalue weighted by atomic mass is 32.1. The van der Waals surface area contributed by atoms with Crippen LogP contribution in [0.4, 0.5) is 24.0 Å². The third kappa shape index (κ3) is 4.14. The van der Waals surface area contributed by atoms with Gasteiger partial charge in [0.15, 0.2) is 17.5 Å². The van der Waals surface area contributed by atoms with Crippen LogP contribution in [0.1, 0.15) is 68.6 Å². The number of nitrogens with one attached hydrogen (secondary N) is 2. The predicted molar refractivity (Wildman–Crippen MR) is 131 cm³/mol.